The van der Waals surface area contributed by atoms with E-state index in [4.69, 9.17) is 9.84 Å². The number of aromatic nitrogens is 2. The molecule has 1 aliphatic heterocycles. The smallest absolute Gasteiger partial charge is 0.305 e. The first-order valence-electron chi connectivity index (χ1n) is 8.08. The van der Waals surface area contributed by atoms with Crippen LogP contribution >= 0.6 is 0 Å². The lowest BCUT2D eigenvalue weighted by atomic mass is 9.94. The van der Waals surface area contributed by atoms with Gasteiger partial charge in [-0.1, -0.05) is 13.8 Å². The Balaban J connectivity index is 2.18. The van der Waals surface area contributed by atoms with Gasteiger partial charge in [-0.2, -0.15) is 5.10 Å². The van der Waals surface area contributed by atoms with Crippen LogP contribution in [0.25, 0.3) is 0 Å². The zero-order chi connectivity index (χ0) is 17.0. The summed E-state index contributed by atoms with van der Waals surface area (Å²) in [6, 6.07) is 0.263. The van der Waals surface area contributed by atoms with Crippen molar-refractivity contribution in [2.75, 3.05) is 13.2 Å². The Morgan fingerprint density at radius 1 is 1.48 bits per heavy atom. The lowest BCUT2D eigenvalue weighted by molar-refractivity contribution is -0.138. The highest BCUT2D eigenvalue weighted by Gasteiger charge is 2.39. The molecule has 7 nitrogen and oxygen atoms in total. The van der Waals surface area contributed by atoms with Gasteiger partial charge in [0.2, 0.25) is 0 Å². The number of ether oxygens (including phenoxy) is 1. The third kappa shape index (κ3) is 3.72. The molecule has 1 fully saturated rings. The SMILES string of the molecule is CCC(CC)n1ncc(C(=O)NC2(CC(=O)O)CCOC2)c1C. The number of carbonyl (C=O) groups is 2. The maximum absolute atomic E-state index is 12.6. The normalized spacial score (nSPS) is 20.9. The van der Waals surface area contributed by atoms with Crippen molar-refractivity contribution < 1.29 is 19.4 Å². The Hall–Kier alpha value is -1.89. The molecule has 1 aliphatic rings. The Labute approximate surface area is 136 Å². The predicted molar refractivity (Wildman–Crippen MR) is 84.5 cm³/mol. The Bertz CT molecular complexity index is 572. The molecule has 0 aliphatic carbocycles. The molecule has 0 aromatic carbocycles. The highest BCUT2D eigenvalue weighted by atomic mass is 16.5. The van der Waals surface area contributed by atoms with Gasteiger partial charge < -0.3 is 15.2 Å². The molecule has 1 aromatic heterocycles. The van der Waals surface area contributed by atoms with Crippen LogP contribution in [-0.4, -0.2) is 45.5 Å². The van der Waals surface area contributed by atoms with Gasteiger partial charge in [-0.05, 0) is 26.2 Å². The van der Waals surface area contributed by atoms with Gasteiger partial charge in [-0.15, -0.1) is 0 Å². The maximum atomic E-state index is 12.6. The van der Waals surface area contributed by atoms with Crippen LogP contribution < -0.4 is 5.32 Å². The number of hydrogen-bond donors (Lipinski definition) is 2. The molecular weight excluding hydrogens is 298 g/mol. The number of amides is 1. The van der Waals surface area contributed by atoms with Crippen molar-refractivity contribution in [2.24, 2.45) is 0 Å². The predicted octanol–water partition coefficient (Wildman–Crippen LogP) is 1.92. The van der Waals surface area contributed by atoms with E-state index in [1.165, 1.54) is 0 Å². The van der Waals surface area contributed by atoms with Gasteiger partial charge in [0, 0.05) is 12.3 Å². The van der Waals surface area contributed by atoms with Crippen LogP contribution in [0.2, 0.25) is 0 Å². The number of carbonyl (C=O) groups excluding carboxylic acids is 1. The highest BCUT2D eigenvalue weighted by Crippen LogP contribution is 2.25. The van der Waals surface area contributed by atoms with Crippen molar-refractivity contribution in [3.05, 3.63) is 17.5 Å². The largest absolute Gasteiger partial charge is 0.481 e. The van der Waals surface area contributed by atoms with Crippen LogP contribution in [0.1, 0.15) is 61.6 Å². The van der Waals surface area contributed by atoms with E-state index in [2.05, 4.69) is 24.3 Å². The number of rotatable bonds is 7. The van der Waals surface area contributed by atoms with E-state index in [0.717, 1.165) is 18.5 Å². The van der Waals surface area contributed by atoms with Crippen LogP contribution in [0.15, 0.2) is 6.20 Å². The molecule has 2 rings (SSSR count). The van der Waals surface area contributed by atoms with Crippen LogP contribution in [-0.2, 0) is 9.53 Å². The van der Waals surface area contributed by atoms with Crippen molar-refractivity contribution in [1.82, 2.24) is 15.1 Å². The summed E-state index contributed by atoms with van der Waals surface area (Å²) < 4.78 is 7.19. The van der Waals surface area contributed by atoms with Crippen molar-refractivity contribution >= 4 is 11.9 Å². The Morgan fingerprint density at radius 3 is 2.70 bits per heavy atom. The van der Waals surface area contributed by atoms with Crippen LogP contribution in [0, 0.1) is 6.92 Å². The zero-order valence-electron chi connectivity index (χ0n) is 14.0. The fraction of sp³-hybridized carbons (Fsp3) is 0.688. The van der Waals surface area contributed by atoms with Crippen LogP contribution in [0.4, 0.5) is 0 Å². The van der Waals surface area contributed by atoms with E-state index in [0.29, 0.717) is 18.6 Å². The van der Waals surface area contributed by atoms with Gasteiger partial charge in [-0.3, -0.25) is 14.3 Å². The minimum Gasteiger partial charge on any atom is -0.481 e. The minimum atomic E-state index is -0.944. The molecule has 2 N–H and O–H groups in total. The lowest BCUT2D eigenvalue weighted by Crippen LogP contribution is -2.50. The Kier molecular flexibility index (Phi) is 5.41. The zero-order valence-corrected chi connectivity index (χ0v) is 14.0. The van der Waals surface area contributed by atoms with Gasteiger partial charge >= 0.3 is 5.97 Å². The quantitative estimate of drug-likeness (QED) is 0.799. The summed E-state index contributed by atoms with van der Waals surface area (Å²) in [6.07, 6.45) is 3.81. The topological polar surface area (TPSA) is 93.5 Å². The van der Waals surface area contributed by atoms with E-state index in [9.17, 15) is 9.59 Å². The van der Waals surface area contributed by atoms with E-state index in [1.54, 1.807) is 6.20 Å². The van der Waals surface area contributed by atoms with Gasteiger partial charge in [0.05, 0.1) is 36.4 Å². The van der Waals surface area contributed by atoms with E-state index >= 15 is 0 Å². The standard InChI is InChI=1S/C16H25N3O4/c1-4-12(5-2)19-11(3)13(9-17-19)15(22)18-16(8-14(20)21)6-7-23-10-16/h9,12H,4-8,10H2,1-3H3,(H,18,22)(H,20,21). The molecule has 0 spiro atoms. The molecule has 0 saturated carbocycles. The molecule has 2 heterocycles. The summed E-state index contributed by atoms with van der Waals surface area (Å²) in [4.78, 5) is 23.7. The molecule has 128 valence electrons. The summed E-state index contributed by atoms with van der Waals surface area (Å²) in [6.45, 7) is 6.74. The monoisotopic (exact) mass is 323 g/mol. The molecule has 1 aromatic rings. The second-order valence-corrected chi connectivity index (χ2v) is 6.17. The average molecular weight is 323 g/mol. The van der Waals surface area contributed by atoms with Crippen molar-refractivity contribution in [3.8, 4) is 0 Å². The van der Waals surface area contributed by atoms with E-state index in [-0.39, 0.29) is 25.0 Å². The number of nitrogens with one attached hydrogen (secondary N) is 1. The fourth-order valence-corrected chi connectivity index (χ4v) is 3.14. The molecule has 1 unspecified atom stereocenters. The third-order valence-electron chi connectivity index (χ3n) is 4.55. The molecule has 0 radical (unpaired) electrons. The molecular formula is C16H25N3O4. The van der Waals surface area contributed by atoms with E-state index < -0.39 is 11.5 Å². The van der Waals surface area contributed by atoms with Gasteiger partial charge in [0.25, 0.3) is 5.91 Å². The van der Waals surface area contributed by atoms with E-state index in [1.807, 2.05) is 11.6 Å². The summed E-state index contributed by atoms with van der Waals surface area (Å²) in [5.74, 6) is -1.23. The third-order valence-corrected chi connectivity index (χ3v) is 4.55. The summed E-state index contributed by atoms with van der Waals surface area (Å²) in [7, 11) is 0. The molecule has 7 heteroatoms. The van der Waals surface area contributed by atoms with Crippen LogP contribution in [0.3, 0.4) is 0 Å². The summed E-state index contributed by atoms with van der Waals surface area (Å²) in [5, 5.41) is 16.3. The molecule has 1 saturated heterocycles. The second kappa shape index (κ2) is 7.12. The fourth-order valence-electron chi connectivity index (χ4n) is 3.14. The number of hydrogen-bond acceptors (Lipinski definition) is 4. The van der Waals surface area contributed by atoms with Crippen LogP contribution in [0.5, 0.6) is 0 Å². The van der Waals surface area contributed by atoms with Gasteiger partial charge in [0.15, 0.2) is 0 Å². The number of aliphatic carboxylic acids is 1. The maximum Gasteiger partial charge on any atom is 0.305 e. The highest BCUT2D eigenvalue weighted by molar-refractivity contribution is 5.95. The first-order chi connectivity index (χ1) is 10.9. The molecule has 23 heavy (non-hydrogen) atoms. The number of nitrogens with zero attached hydrogens (tertiary/aromatic N) is 2. The van der Waals surface area contributed by atoms with Gasteiger partial charge in [0.1, 0.15) is 0 Å². The number of carboxylic acids is 1. The lowest BCUT2D eigenvalue weighted by Gasteiger charge is -2.27. The van der Waals surface area contributed by atoms with Crippen molar-refractivity contribution in [2.45, 2.75) is 58.0 Å². The molecule has 1 atom stereocenters. The summed E-state index contributed by atoms with van der Waals surface area (Å²) >= 11 is 0. The average Bonchev–Trinajstić information content (AvgIpc) is 3.08. The Morgan fingerprint density at radius 2 is 2.17 bits per heavy atom. The minimum absolute atomic E-state index is 0.140. The first-order valence-corrected chi connectivity index (χ1v) is 8.08. The second-order valence-electron chi connectivity index (χ2n) is 6.17. The number of carboxylic acid groups (broad SMARTS) is 1. The van der Waals surface area contributed by atoms with Gasteiger partial charge in [-0.25, -0.2) is 0 Å². The summed E-state index contributed by atoms with van der Waals surface area (Å²) in [5.41, 5.74) is 0.473. The molecule has 0 bridgehead atoms. The molecule has 1 amide bonds. The van der Waals surface area contributed by atoms with Crippen molar-refractivity contribution in [1.29, 1.82) is 0 Å². The first kappa shape index (κ1) is 17.5. The van der Waals surface area contributed by atoms with Crippen molar-refractivity contribution in [3.63, 3.8) is 0 Å².